The van der Waals surface area contributed by atoms with Gasteiger partial charge in [0.1, 0.15) is 0 Å². The first-order chi connectivity index (χ1) is 4.33. The molecule has 0 fully saturated rings. The highest BCUT2D eigenvalue weighted by Crippen LogP contribution is 1.98. The number of hydrogen-bond donors (Lipinski definition) is 2. The van der Waals surface area contributed by atoms with Gasteiger partial charge in [0, 0.05) is 7.05 Å². The Morgan fingerprint density at radius 1 is 1.44 bits per heavy atom. The number of nitrogens with one attached hydrogen (secondary N) is 1. The molecule has 3 N–H and O–H groups in total. The quantitative estimate of drug-likeness (QED) is 0.557. The topological polar surface area (TPSA) is 63.8 Å². The van der Waals surface area contributed by atoms with E-state index in [0.29, 0.717) is 11.6 Å². The molecule has 0 aliphatic carbocycles. The Hall–Kier alpha value is -1.32. The van der Waals surface area contributed by atoms with E-state index in [4.69, 9.17) is 5.73 Å². The fourth-order valence-electron chi connectivity index (χ4n) is 0.467. The van der Waals surface area contributed by atoms with Crippen molar-refractivity contribution in [2.45, 2.75) is 0 Å². The number of anilines is 2. The van der Waals surface area contributed by atoms with Crippen molar-refractivity contribution in [2.75, 3.05) is 18.1 Å². The van der Waals surface area contributed by atoms with Crippen LogP contribution < -0.4 is 11.1 Å². The van der Waals surface area contributed by atoms with Gasteiger partial charge in [-0.25, -0.2) is 9.97 Å². The Morgan fingerprint density at radius 2 is 2.00 bits per heavy atom. The second kappa shape index (κ2) is 2.30. The van der Waals surface area contributed by atoms with E-state index < -0.39 is 0 Å². The summed E-state index contributed by atoms with van der Waals surface area (Å²) in [5.41, 5.74) is 5.91. The second-order valence-corrected chi connectivity index (χ2v) is 1.59. The molecule has 0 unspecified atom stereocenters. The van der Waals surface area contributed by atoms with Crippen molar-refractivity contribution in [1.29, 1.82) is 0 Å². The van der Waals surface area contributed by atoms with E-state index in [2.05, 4.69) is 15.3 Å². The van der Waals surface area contributed by atoms with E-state index in [1.54, 1.807) is 19.4 Å². The molecule has 0 atom stereocenters. The van der Waals surface area contributed by atoms with Crippen molar-refractivity contribution in [3.05, 3.63) is 12.4 Å². The van der Waals surface area contributed by atoms with Gasteiger partial charge >= 0.3 is 0 Å². The van der Waals surface area contributed by atoms with Gasteiger partial charge < -0.3 is 11.1 Å². The van der Waals surface area contributed by atoms with Gasteiger partial charge in [0.25, 0.3) is 0 Å². The summed E-state index contributed by atoms with van der Waals surface area (Å²) in [6, 6.07) is 0. The molecule has 0 amide bonds. The highest BCUT2D eigenvalue weighted by Gasteiger charge is 1.87. The van der Waals surface area contributed by atoms with E-state index in [9.17, 15) is 0 Å². The lowest BCUT2D eigenvalue weighted by molar-refractivity contribution is 1.15. The van der Waals surface area contributed by atoms with E-state index in [-0.39, 0.29) is 0 Å². The van der Waals surface area contributed by atoms with Crippen molar-refractivity contribution in [2.24, 2.45) is 0 Å². The van der Waals surface area contributed by atoms with Crippen LogP contribution in [0, 0.1) is 0 Å². The smallest absolute Gasteiger partial charge is 0.222 e. The molecule has 1 aromatic rings. The highest BCUT2D eigenvalue weighted by atomic mass is 15.1. The summed E-state index contributed by atoms with van der Waals surface area (Å²) >= 11 is 0. The summed E-state index contributed by atoms with van der Waals surface area (Å²) in [7, 11) is 1.76. The molecule has 0 saturated carbocycles. The Labute approximate surface area is 53.1 Å². The third-order valence-electron chi connectivity index (χ3n) is 0.895. The molecule has 1 rings (SSSR count). The van der Waals surface area contributed by atoms with Crippen LogP contribution in [-0.2, 0) is 0 Å². The molecule has 48 valence electrons. The first kappa shape index (κ1) is 5.81. The highest BCUT2D eigenvalue weighted by molar-refractivity contribution is 5.35. The first-order valence-electron chi connectivity index (χ1n) is 2.58. The monoisotopic (exact) mass is 124 g/mol. The fourth-order valence-corrected chi connectivity index (χ4v) is 0.467. The SMILES string of the molecule is CNc1ncc(N)cn1. The molecule has 0 spiro atoms. The molecule has 0 bridgehead atoms. The van der Waals surface area contributed by atoms with Gasteiger partial charge in [-0.15, -0.1) is 0 Å². The van der Waals surface area contributed by atoms with Crippen molar-refractivity contribution < 1.29 is 0 Å². The van der Waals surface area contributed by atoms with Crippen molar-refractivity contribution in [3.8, 4) is 0 Å². The maximum atomic E-state index is 5.33. The predicted molar refractivity (Wildman–Crippen MR) is 36.0 cm³/mol. The molecule has 0 aliphatic rings. The Kier molecular flexibility index (Phi) is 1.48. The van der Waals surface area contributed by atoms with E-state index in [0.717, 1.165) is 0 Å². The average molecular weight is 124 g/mol. The molecule has 0 saturated heterocycles. The molecule has 0 aliphatic heterocycles. The molecular formula is C5H8N4. The lowest BCUT2D eigenvalue weighted by Crippen LogP contribution is -1.96. The van der Waals surface area contributed by atoms with Crippen LogP contribution >= 0.6 is 0 Å². The Bertz CT molecular complexity index is 181. The van der Waals surface area contributed by atoms with Crippen LogP contribution in [0.3, 0.4) is 0 Å². The summed E-state index contributed by atoms with van der Waals surface area (Å²) in [5.74, 6) is 0.587. The summed E-state index contributed by atoms with van der Waals surface area (Å²) in [6.45, 7) is 0. The number of nitrogens with two attached hydrogens (primary N) is 1. The Morgan fingerprint density at radius 3 is 2.44 bits per heavy atom. The van der Waals surface area contributed by atoms with Gasteiger partial charge in [0.05, 0.1) is 18.1 Å². The van der Waals surface area contributed by atoms with Crippen LogP contribution in [0.2, 0.25) is 0 Å². The standard InChI is InChI=1S/C5H8N4/c1-7-5-8-2-4(6)3-9-5/h2-3H,6H2,1H3,(H,7,8,9). The number of rotatable bonds is 1. The largest absolute Gasteiger partial charge is 0.396 e. The van der Waals surface area contributed by atoms with Gasteiger partial charge in [-0.3, -0.25) is 0 Å². The van der Waals surface area contributed by atoms with Crippen LogP contribution in [0.5, 0.6) is 0 Å². The molecule has 0 aromatic carbocycles. The molecule has 0 radical (unpaired) electrons. The summed E-state index contributed by atoms with van der Waals surface area (Å²) in [6.07, 6.45) is 3.11. The van der Waals surface area contributed by atoms with Crippen LogP contribution in [0.4, 0.5) is 11.6 Å². The zero-order chi connectivity index (χ0) is 6.69. The normalized spacial score (nSPS) is 9.00. The third kappa shape index (κ3) is 1.28. The van der Waals surface area contributed by atoms with Crippen LogP contribution in [-0.4, -0.2) is 17.0 Å². The number of nitrogens with zero attached hydrogens (tertiary/aromatic N) is 2. The number of aromatic nitrogens is 2. The molecule has 1 aromatic heterocycles. The zero-order valence-corrected chi connectivity index (χ0v) is 5.13. The first-order valence-corrected chi connectivity index (χ1v) is 2.58. The van der Waals surface area contributed by atoms with E-state index in [1.807, 2.05) is 0 Å². The predicted octanol–water partition coefficient (Wildman–Crippen LogP) is 0.100. The summed E-state index contributed by atoms with van der Waals surface area (Å²) in [5, 5.41) is 2.78. The minimum absolute atomic E-state index is 0.578. The Balaban J connectivity index is 2.88. The minimum Gasteiger partial charge on any atom is -0.396 e. The van der Waals surface area contributed by atoms with Crippen molar-refractivity contribution in [3.63, 3.8) is 0 Å². The summed E-state index contributed by atoms with van der Waals surface area (Å²) < 4.78 is 0. The lowest BCUT2D eigenvalue weighted by atomic mass is 10.6. The van der Waals surface area contributed by atoms with Crippen molar-refractivity contribution >= 4 is 11.6 Å². The van der Waals surface area contributed by atoms with E-state index >= 15 is 0 Å². The molecule has 9 heavy (non-hydrogen) atoms. The number of nitrogen functional groups attached to an aromatic ring is 1. The zero-order valence-electron chi connectivity index (χ0n) is 5.13. The van der Waals surface area contributed by atoms with Gasteiger partial charge in [-0.1, -0.05) is 0 Å². The maximum absolute atomic E-state index is 5.33. The maximum Gasteiger partial charge on any atom is 0.222 e. The molecule has 4 nitrogen and oxygen atoms in total. The van der Waals surface area contributed by atoms with E-state index in [1.165, 1.54) is 0 Å². The van der Waals surface area contributed by atoms with Crippen LogP contribution in [0.15, 0.2) is 12.4 Å². The van der Waals surface area contributed by atoms with Gasteiger partial charge in [0.2, 0.25) is 5.95 Å². The molecule has 1 heterocycles. The minimum atomic E-state index is 0.578. The van der Waals surface area contributed by atoms with Crippen LogP contribution in [0.1, 0.15) is 0 Å². The molecule has 4 heteroatoms. The van der Waals surface area contributed by atoms with Gasteiger partial charge in [-0.2, -0.15) is 0 Å². The second-order valence-electron chi connectivity index (χ2n) is 1.59. The fraction of sp³-hybridized carbons (Fsp3) is 0.200. The van der Waals surface area contributed by atoms with Gasteiger partial charge in [-0.05, 0) is 0 Å². The average Bonchev–Trinajstić information content (AvgIpc) is 1.90. The van der Waals surface area contributed by atoms with Crippen LogP contribution in [0.25, 0.3) is 0 Å². The third-order valence-corrected chi connectivity index (χ3v) is 0.895. The van der Waals surface area contributed by atoms with Crippen molar-refractivity contribution in [1.82, 2.24) is 9.97 Å². The number of hydrogen-bond acceptors (Lipinski definition) is 4. The summed E-state index contributed by atoms with van der Waals surface area (Å²) in [4.78, 5) is 7.70. The lowest BCUT2D eigenvalue weighted by Gasteiger charge is -1.94. The molecular weight excluding hydrogens is 116 g/mol. The van der Waals surface area contributed by atoms with Gasteiger partial charge in [0.15, 0.2) is 0 Å².